The number of nitrogens with zero attached hydrogens (tertiary/aromatic N) is 1. The number of unbranched alkanes of at least 4 members (excludes halogenated alkanes) is 1. The highest BCUT2D eigenvalue weighted by Crippen LogP contribution is 2.30. The molecule has 0 bridgehead atoms. The average molecular weight is 262 g/mol. The predicted molar refractivity (Wildman–Crippen MR) is 75.7 cm³/mol. The van der Waals surface area contributed by atoms with E-state index in [9.17, 15) is 0 Å². The first-order chi connectivity index (χ1) is 9.22. The molecule has 0 aromatic heterocycles. The third-order valence-electron chi connectivity index (χ3n) is 3.06. The van der Waals surface area contributed by atoms with E-state index in [1.165, 1.54) is 11.1 Å². The number of nitriles is 1. The van der Waals surface area contributed by atoms with E-state index >= 15 is 0 Å². The lowest BCUT2D eigenvalue weighted by molar-refractivity contribution is 0.354. The van der Waals surface area contributed by atoms with E-state index in [0.29, 0.717) is 6.42 Å². The Hall–Kier alpha value is -1.73. The first-order valence-corrected chi connectivity index (χ1v) is 6.52. The summed E-state index contributed by atoms with van der Waals surface area (Å²) >= 11 is 0. The lowest BCUT2D eigenvalue weighted by Crippen LogP contribution is -2.18. The summed E-state index contributed by atoms with van der Waals surface area (Å²) in [5.74, 6) is 1.54. The quantitative estimate of drug-likeness (QED) is 0.731. The molecule has 0 aliphatic rings. The minimum atomic E-state index is 0.613. The molecule has 19 heavy (non-hydrogen) atoms. The normalized spacial score (nSPS) is 10.0. The van der Waals surface area contributed by atoms with Crippen molar-refractivity contribution in [3.8, 4) is 17.6 Å². The summed E-state index contributed by atoms with van der Waals surface area (Å²) in [6.07, 6.45) is 2.46. The average Bonchev–Trinajstić information content (AvgIpc) is 2.43. The van der Waals surface area contributed by atoms with Gasteiger partial charge in [0.05, 0.1) is 20.3 Å². The minimum Gasteiger partial charge on any atom is -0.493 e. The molecule has 0 saturated heterocycles. The number of hydrogen-bond donors (Lipinski definition) is 1. The van der Waals surface area contributed by atoms with Gasteiger partial charge < -0.3 is 14.8 Å². The number of hydrogen-bond acceptors (Lipinski definition) is 4. The molecule has 0 heterocycles. The smallest absolute Gasteiger partial charge is 0.161 e. The van der Waals surface area contributed by atoms with Crippen molar-refractivity contribution in [1.82, 2.24) is 5.32 Å². The van der Waals surface area contributed by atoms with Crippen LogP contribution in [0.15, 0.2) is 12.1 Å². The summed E-state index contributed by atoms with van der Waals surface area (Å²) < 4.78 is 10.6. The molecule has 0 aliphatic carbocycles. The van der Waals surface area contributed by atoms with Crippen LogP contribution in [0.3, 0.4) is 0 Å². The van der Waals surface area contributed by atoms with Crippen molar-refractivity contribution in [2.45, 2.75) is 26.2 Å². The number of nitrogens with one attached hydrogen (secondary N) is 1. The second-order valence-electron chi connectivity index (χ2n) is 4.40. The Morgan fingerprint density at radius 3 is 2.47 bits per heavy atom. The van der Waals surface area contributed by atoms with Gasteiger partial charge in [-0.1, -0.05) is 0 Å². The van der Waals surface area contributed by atoms with E-state index in [4.69, 9.17) is 14.7 Å². The maximum absolute atomic E-state index is 8.44. The fourth-order valence-corrected chi connectivity index (χ4v) is 1.93. The summed E-state index contributed by atoms with van der Waals surface area (Å²) in [4.78, 5) is 0. The molecule has 1 aromatic rings. The van der Waals surface area contributed by atoms with Crippen molar-refractivity contribution in [2.24, 2.45) is 0 Å². The van der Waals surface area contributed by atoms with E-state index < -0.39 is 0 Å². The number of rotatable bonds is 8. The first-order valence-electron chi connectivity index (χ1n) is 6.52. The van der Waals surface area contributed by atoms with Gasteiger partial charge in [0.2, 0.25) is 0 Å². The topological polar surface area (TPSA) is 54.3 Å². The first kappa shape index (κ1) is 15.3. The fourth-order valence-electron chi connectivity index (χ4n) is 1.93. The maximum Gasteiger partial charge on any atom is 0.161 e. The van der Waals surface area contributed by atoms with Crippen molar-refractivity contribution < 1.29 is 9.47 Å². The predicted octanol–water partition coefficient (Wildman–Crippen LogP) is 2.45. The van der Waals surface area contributed by atoms with Crippen molar-refractivity contribution in [2.75, 3.05) is 27.3 Å². The molecule has 0 amide bonds. The Labute approximate surface area is 115 Å². The molecule has 0 spiro atoms. The van der Waals surface area contributed by atoms with Crippen LogP contribution in [0.25, 0.3) is 0 Å². The van der Waals surface area contributed by atoms with Gasteiger partial charge >= 0.3 is 0 Å². The van der Waals surface area contributed by atoms with Crippen LogP contribution in [-0.2, 0) is 6.42 Å². The maximum atomic E-state index is 8.44. The zero-order valence-electron chi connectivity index (χ0n) is 12.0. The Balaban J connectivity index is 2.52. The van der Waals surface area contributed by atoms with Gasteiger partial charge in [-0.15, -0.1) is 0 Å². The lowest BCUT2D eigenvalue weighted by Gasteiger charge is -2.13. The Morgan fingerprint density at radius 1 is 1.16 bits per heavy atom. The molecule has 0 atom stereocenters. The SMILES string of the molecule is COc1cc(C)c(CCNCCCC#N)cc1OC. The molecule has 4 nitrogen and oxygen atoms in total. The molecule has 104 valence electrons. The largest absolute Gasteiger partial charge is 0.493 e. The number of ether oxygens (including phenoxy) is 2. The van der Waals surface area contributed by atoms with Crippen LogP contribution in [0, 0.1) is 18.3 Å². The van der Waals surface area contributed by atoms with Gasteiger partial charge in [-0.2, -0.15) is 5.26 Å². The fraction of sp³-hybridized carbons (Fsp3) is 0.533. The van der Waals surface area contributed by atoms with Crippen LogP contribution in [0.1, 0.15) is 24.0 Å². The van der Waals surface area contributed by atoms with Crippen molar-refractivity contribution >= 4 is 0 Å². The van der Waals surface area contributed by atoms with E-state index in [-0.39, 0.29) is 0 Å². The minimum absolute atomic E-state index is 0.613. The van der Waals surface area contributed by atoms with Gasteiger partial charge in [-0.3, -0.25) is 0 Å². The molecule has 0 unspecified atom stereocenters. The van der Waals surface area contributed by atoms with Crippen LogP contribution < -0.4 is 14.8 Å². The molecule has 1 N–H and O–H groups in total. The Morgan fingerprint density at radius 2 is 1.84 bits per heavy atom. The van der Waals surface area contributed by atoms with Gasteiger partial charge in [-0.05, 0) is 56.1 Å². The molecule has 0 aliphatic heterocycles. The number of aryl methyl sites for hydroxylation is 1. The van der Waals surface area contributed by atoms with Gasteiger partial charge in [0.1, 0.15) is 0 Å². The Bertz CT molecular complexity index is 439. The van der Waals surface area contributed by atoms with Gasteiger partial charge in [0.15, 0.2) is 11.5 Å². The summed E-state index contributed by atoms with van der Waals surface area (Å²) in [6, 6.07) is 6.18. The van der Waals surface area contributed by atoms with E-state index in [1.54, 1.807) is 14.2 Å². The highest BCUT2D eigenvalue weighted by Gasteiger charge is 2.08. The van der Waals surface area contributed by atoms with Crippen LogP contribution in [0.2, 0.25) is 0 Å². The third-order valence-corrected chi connectivity index (χ3v) is 3.06. The van der Waals surface area contributed by atoms with Gasteiger partial charge in [-0.25, -0.2) is 0 Å². The van der Waals surface area contributed by atoms with E-state index in [1.807, 2.05) is 12.1 Å². The molecule has 1 rings (SSSR count). The molecule has 0 radical (unpaired) electrons. The van der Waals surface area contributed by atoms with E-state index in [0.717, 1.165) is 37.4 Å². The number of benzene rings is 1. The van der Waals surface area contributed by atoms with E-state index in [2.05, 4.69) is 18.3 Å². The van der Waals surface area contributed by atoms with Crippen molar-refractivity contribution in [1.29, 1.82) is 5.26 Å². The summed E-state index contributed by atoms with van der Waals surface area (Å²) in [5.41, 5.74) is 2.46. The zero-order valence-corrected chi connectivity index (χ0v) is 12.0. The molecule has 0 saturated carbocycles. The van der Waals surface area contributed by atoms with Gasteiger partial charge in [0.25, 0.3) is 0 Å². The van der Waals surface area contributed by atoms with Crippen LogP contribution in [-0.4, -0.2) is 27.3 Å². The van der Waals surface area contributed by atoms with Gasteiger partial charge in [0, 0.05) is 6.42 Å². The Kier molecular flexibility index (Phi) is 6.76. The molecular weight excluding hydrogens is 240 g/mol. The molecule has 4 heteroatoms. The lowest BCUT2D eigenvalue weighted by atomic mass is 10.0. The zero-order chi connectivity index (χ0) is 14.1. The van der Waals surface area contributed by atoms with Crippen LogP contribution in [0.4, 0.5) is 0 Å². The third kappa shape index (κ3) is 4.80. The standard InChI is InChI=1S/C15H22N2O2/c1-12-10-14(18-2)15(19-3)11-13(12)6-9-17-8-5-4-7-16/h10-11,17H,4-6,8-9H2,1-3H3. The molecule has 0 fully saturated rings. The van der Waals surface area contributed by atoms with Crippen LogP contribution >= 0.6 is 0 Å². The van der Waals surface area contributed by atoms with Crippen molar-refractivity contribution in [3.63, 3.8) is 0 Å². The molecular formula is C15H22N2O2. The molecule has 1 aromatic carbocycles. The second-order valence-corrected chi connectivity index (χ2v) is 4.40. The highest BCUT2D eigenvalue weighted by molar-refractivity contribution is 5.47. The highest BCUT2D eigenvalue weighted by atomic mass is 16.5. The summed E-state index contributed by atoms with van der Waals surface area (Å²) in [5, 5.41) is 11.8. The summed E-state index contributed by atoms with van der Waals surface area (Å²) in [6.45, 7) is 3.87. The second kappa shape index (κ2) is 8.39. The van der Waals surface area contributed by atoms with Crippen LogP contribution in [0.5, 0.6) is 11.5 Å². The number of methoxy groups -OCH3 is 2. The monoisotopic (exact) mass is 262 g/mol. The summed E-state index contributed by atoms with van der Waals surface area (Å²) in [7, 11) is 3.30. The van der Waals surface area contributed by atoms with Crippen molar-refractivity contribution in [3.05, 3.63) is 23.3 Å².